The van der Waals surface area contributed by atoms with Gasteiger partial charge in [0.15, 0.2) is 49.6 Å². The smallest absolute Gasteiger partial charge is 0.335 e. The molecular weight excluding hydrogens is 1350 g/mol. The standard InChI is InChI=1S/C71H102O31/c1-30-44(78)47(81)50(84)61(92-30)101-58-56(94-32(3)74)53(97-43(77)18-13-33-11-14-34(90-10)15-12-33)31(2)93-63(58)102-65(89)71-24-23-66(4,5)25-36(71)35-16-17-40-67(6)21-20-42(68(7,29-73)39(67)19-22-69(40,8)70(35,9)26-41(71)76)96-64-57(100-62-51(85)48(82)46(80)38(27-72)95-62)54(52(86)55(99-64)59(87)88)98-60-49(83)45(79)37(75)28-91-60/h11-16,18,29-31,36-42,44-58,60-64,72,75-76,78-86H,17,19-28H2,1-10H3,(H,87,88)/b18-13+/t30-,31+,36-,37+,38+,39+,40+,41+,42-,44-,45-,46+,47+,48-,49+,50+,51+,52-,53-,54-,55-,56-,57+,58+,60-,61-,62-,63-,64-,67-,68-,69+,70+,71+/m0/s1. The minimum Gasteiger partial charge on any atom is -0.497 e. The van der Waals surface area contributed by atoms with Crippen LogP contribution >= 0.6 is 0 Å². The quantitative estimate of drug-likeness (QED) is 0.0221. The third-order valence-electron chi connectivity index (χ3n) is 25.1. The molecule has 0 aromatic heterocycles. The lowest BCUT2D eigenvalue weighted by Crippen LogP contribution is -2.69. The number of carbonyl (C=O) groups is 5. The maximum absolute atomic E-state index is 16.0. The zero-order chi connectivity index (χ0) is 74.4. The van der Waals surface area contributed by atoms with E-state index in [0.29, 0.717) is 49.8 Å². The summed E-state index contributed by atoms with van der Waals surface area (Å²) in [6, 6.07) is 6.78. The summed E-state index contributed by atoms with van der Waals surface area (Å²) >= 11 is 0. The number of ether oxygens (including phenoxy) is 13. The minimum absolute atomic E-state index is 0.0483. The van der Waals surface area contributed by atoms with Gasteiger partial charge in [0, 0.05) is 13.0 Å². The Morgan fingerprint density at radius 1 is 0.608 bits per heavy atom. The third kappa shape index (κ3) is 13.8. The van der Waals surface area contributed by atoms with Crippen molar-refractivity contribution in [3.8, 4) is 5.75 Å². The fraction of sp³-hybridized carbons (Fsp3) is 0.789. The van der Waals surface area contributed by atoms with Crippen LogP contribution in [0.1, 0.15) is 126 Å². The first-order valence-corrected chi connectivity index (χ1v) is 35.2. The molecule has 31 heteroatoms. The van der Waals surface area contributed by atoms with Crippen molar-refractivity contribution in [1.29, 1.82) is 0 Å². The number of hydrogen-bond donors (Lipinski definition) is 13. The van der Waals surface area contributed by atoms with Gasteiger partial charge in [0.1, 0.15) is 96.8 Å². The number of carboxylic acid groups (broad SMARTS) is 1. The van der Waals surface area contributed by atoms with Crippen LogP contribution < -0.4 is 4.74 Å². The predicted molar refractivity (Wildman–Crippen MR) is 344 cm³/mol. The Balaban J connectivity index is 0.891. The lowest BCUT2D eigenvalue weighted by molar-refractivity contribution is -0.391. The monoisotopic (exact) mass is 1450 g/mol. The van der Waals surface area contributed by atoms with Crippen LogP contribution in [0.25, 0.3) is 6.08 Å². The van der Waals surface area contributed by atoms with Crippen LogP contribution in [0.15, 0.2) is 42.0 Å². The molecule has 0 amide bonds. The second-order valence-electron chi connectivity index (χ2n) is 31.5. The average molecular weight is 1450 g/mol. The van der Waals surface area contributed by atoms with Gasteiger partial charge in [0.2, 0.25) is 6.29 Å². The van der Waals surface area contributed by atoms with E-state index in [1.165, 1.54) is 27.0 Å². The Kier molecular flexibility index (Phi) is 22.8. The van der Waals surface area contributed by atoms with E-state index in [2.05, 4.69) is 40.7 Å². The number of esters is 3. The molecule has 0 bridgehead atoms. The molecule has 4 saturated carbocycles. The lowest BCUT2D eigenvalue weighted by atomic mass is 9.33. The number of rotatable bonds is 18. The number of carboxylic acids is 1. The highest BCUT2D eigenvalue weighted by molar-refractivity contribution is 5.87. The van der Waals surface area contributed by atoms with Gasteiger partial charge < -0.3 is 133 Å². The van der Waals surface area contributed by atoms with Gasteiger partial charge in [-0.15, -0.1) is 0 Å². The second kappa shape index (κ2) is 29.8. The number of methoxy groups -OCH3 is 1. The number of aldehydes is 1. The zero-order valence-electron chi connectivity index (χ0n) is 58.8. The Morgan fingerprint density at radius 2 is 1.24 bits per heavy atom. The van der Waals surface area contributed by atoms with Crippen LogP contribution in [0.5, 0.6) is 5.75 Å². The Bertz CT molecular complexity index is 3240. The van der Waals surface area contributed by atoms with E-state index in [0.717, 1.165) is 24.9 Å². The van der Waals surface area contributed by atoms with Gasteiger partial charge in [-0.1, -0.05) is 65.3 Å². The molecule has 572 valence electrons. The molecule has 102 heavy (non-hydrogen) atoms. The first kappa shape index (κ1) is 78.3. The summed E-state index contributed by atoms with van der Waals surface area (Å²) in [5, 5.41) is 144. The molecule has 9 fully saturated rings. The Labute approximate surface area is 589 Å². The average Bonchev–Trinajstić information content (AvgIpc) is 0.669. The molecule has 10 aliphatic rings. The van der Waals surface area contributed by atoms with Crippen molar-refractivity contribution in [1.82, 2.24) is 0 Å². The molecule has 5 aliphatic carbocycles. The van der Waals surface area contributed by atoms with Gasteiger partial charge in [-0.2, -0.15) is 0 Å². The molecule has 1 aromatic rings. The first-order chi connectivity index (χ1) is 47.9. The van der Waals surface area contributed by atoms with E-state index < -0.39 is 241 Å². The molecular formula is C71H102O31. The highest BCUT2D eigenvalue weighted by Gasteiger charge is 2.73. The fourth-order valence-electron chi connectivity index (χ4n) is 19.0. The highest BCUT2D eigenvalue weighted by atomic mass is 16.8. The normalized spacial score (nSPS) is 48.5. The molecule has 11 rings (SSSR count). The van der Waals surface area contributed by atoms with E-state index >= 15 is 4.79 Å². The van der Waals surface area contributed by atoms with Gasteiger partial charge in [0.05, 0.1) is 50.2 Å². The maximum Gasteiger partial charge on any atom is 0.335 e. The number of benzene rings is 1. The van der Waals surface area contributed by atoms with Gasteiger partial charge >= 0.3 is 23.9 Å². The summed E-state index contributed by atoms with van der Waals surface area (Å²) in [5.41, 5.74) is -4.17. The molecule has 34 atom stereocenters. The van der Waals surface area contributed by atoms with E-state index in [-0.39, 0.29) is 25.2 Å². The largest absolute Gasteiger partial charge is 0.497 e. The number of aliphatic hydroxyl groups is 12. The van der Waals surface area contributed by atoms with Crippen LogP contribution in [0.3, 0.4) is 0 Å². The summed E-state index contributed by atoms with van der Waals surface area (Å²) in [6.45, 7) is 14.8. The molecule has 5 saturated heterocycles. The first-order valence-electron chi connectivity index (χ1n) is 35.2. The number of fused-ring (bicyclic) bond motifs is 7. The van der Waals surface area contributed by atoms with Crippen molar-refractivity contribution in [2.45, 2.75) is 280 Å². The van der Waals surface area contributed by atoms with Crippen LogP contribution in [0.4, 0.5) is 0 Å². The van der Waals surface area contributed by atoms with Gasteiger partial charge in [0.25, 0.3) is 0 Å². The van der Waals surface area contributed by atoms with Gasteiger partial charge in [-0.25, -0.2) is 9.59 Å². The van der Waals surface area contributed by atoms with Crippen molar-refractivity contribution in [3.05, 3.63) is 47.6 Å². The molecule has 5 aliphatic heterocycles. The van der Waals surface area contributed by atoms with E-state index in [1.54, 1.807) is 31.2 Å². The summed E-state index contributed by atoms with van der Waals surface area (Å²) in [7, 11) is 1.51. The number of aliphatic carboxylic acids is 1. The van der Waals surface area contributed by atoms with Crippen molar-refractivity contribution >= 4 is 36.2 Å². The van der Waals surface area contributed by atoms with Crippen molar-refractivity contribution in [2.75, 3.05) is 20.3 Å². The summed E-state index contributed by atoms with van der Waals surface area (Å²) in [5.74, 6) is -5.21. The Hall–Kier alpha value is -4.79. The molecule has 0 unspecified atom stereocenters. The molecule has 0 radical (unpaired) electrons. The number of carbonyl (C=O) groups excluding carboxylic acids is 4. The van der Waals surface area contributed by atoms with Crippen LogP contribution in [0, 0.1) is 50.2 Å². The van der Waals surface area contributed by atoms with Crippen LogP contribution in [0.2, 0.25) is 0 Å². The van der Waals surface area contributed by atoms with Gasteiger partial charge in [-0.05, 0) is 135 Å². The zero-order valence-corrected chi connectivity index (χ0v) is 58.8. The lowest BCUT2D eigenvalue weighted by Gasteiger charge is -2.71. The number of hydrogen-bond acceptors (Lipinski definition) is 30. The van der Waals surface area contributed by atoms with E-state index in [1.807, 2.05) is 0 Å². The number of aliphatic hydroxyl groups excluding tert-OH is 12. The molecule has 13 N–H and O–H groups in total. The number of allylic oxidation sites excluding steroid dienone is 2. The molecule has 1 aromatic carbocycles. The summed E-state index contributed by atoms with van der Waals surface area (Å²) in [6.07, 6.45) is -37.4. The Morgan fingerprint density at radius 3 is 1.87 bits per heavy atom. The molecule has 5 heterocycles. The predicted octanol–water partition coefficient (Wildman–Crippen LogP) is -0.431. The summed E-state index contributed by atoms with van der Waals surface area (Å²) in [4.78, 5) is 70.2. The van der Waals surface area contributed by atoms with Crippen LogP contribution in [-0.4, -0.2) is 277 Å². The fourth-order valence-corrected chi connectivity index (χ4v) is 19.0. The van der Waals surface area contributed by atoms with E-state index in [9.17, 15) is 85.6 Å². The molecule has 0 spiro atoms. The SMILES string of the molecule is COc1ccc(/C=C/C(=O)O[C@@H]2[C@H](OC(C)=O)[C@@H](O[C@@H]3O[C@@H](C)[C@H](O)[C@@H](O)[C@H]3O)[C@H](OC(=O)[C@]34CCC(C)(C)C[C@H]3C3=CC[C@@H]5[C@@]6(C)CC[C@H](O[C@H]7O[C@H](C(=O)O)[C@@H](O)[C@H](O[C@@H]8OC[C@@H](O)[C@H](O)[C@H]8O)[C@H]7O[C@@H]7O[C@H](CO)[C@@H](O)[C@H](O)[C@H]7O)[C@@](C)(C=O)[C@@H]6CC[C@@]5(C)[C@]3(C)C[C@H]4O)O[C@@H]2C)cc1. The second-order valence-corrected chi connectivity index (χ2v) is 31.5. The minimum atomic E-state index is -2.22. The van der Waals surface area contributed by atoms with Crippen molar-refractivity contribution in [2.24, 2.45) is 50.2 Å². The maximum atomic E-state index is 16.0. The van der Waals surface area contributed by atoms with Gasteiger partial charge in [-0.3, -0.25) is 9.59 Å². The van der Waals surface area contributed by atoms with Crippen LogP contribution in [-0.2, 0) is 80.8 Å². The van der Waals surface area contributed by atoms with E-state index in [4.69, 9.17) is 61.6 Å². The summed E-state index contributed by atoms with van der Waals surface area (Å²) < 4.78 is 78.7. The van der Waals surface area contributed by atoms with Crippen molar-refractivity contribution in [3.63, 3.8) is 0 Å². The van der Waals surface area contributed by atoms with Crippen molar-refractivity contribution < 1.29 is 152 Å². The topological polar surface area (TPSA) is 468 Å². The molecule has 31 nitrogen and oxygen atoms in total. The highest BCUT2D eigenvalue weighted by Crippen LogP contribution is 2.76. The third-order valence-corrected chi connectivity index (χ3v) is 25.1.